The van der Waals surface area contributed by atoms with Crippen LogP contribution in [-0.2, 0) is 4.74 Å². The summed E-state index contributed by atoms with van der Waals surface area (Å²) in [5.41, 5.74) is 0.241. The first-order valence-electron chi connectivity index (χ1n) is 10.8. The Kier molecular flexibility index (Phi) is 5.55. The summed E-state index contributed by atoms with van der Waals surface area (Å²) in [5, 5.41) is 0. The van der Waals surface area contributed by atoms with Crippen LogP contribution in [0, 0.1) is 5.41 Å². The molecule has 2 aliphatic carbocycles. The molecule has 5 nitrogen and oxygen atoms in total. The van der Waals surface area contributed by atoms with Gasteiger partial charge in [0.15, 0.2) is 0 Å². The highest BCUT2D eigenvalue weighted by Gasteiger charge is 2.52. The Balaban J connectivity index is 1.23. The number of hydrogen-bond donors (Lipinski definition) is 0. The fraction of sp³-hybridized carbons (Fsp3) is 0.950. The largest absolute Gasteiger partial charge is 0.450 e. The fourth-order valence-electron chi connectivity index (χ4n) is 5.59. The maximum absolute atomic E-state index is 12.9. The van der Waals surface area contributed by atoms with E-state index in [1.54, 1.807) is 4.90 Å². The molecule has 2 saturated heterocycles. The standard InChI is InChI=1S/C20H32F3N3O2/c1-2-28-18(27)25-10-7-19(13-25)11-17(12-19)24-8-5-16(6-9-24)26(15-3-4-15)14-20(21,22)23/h15-17H,2-14H2,1H3. The first-order chi connectivity index (χ1) is 13.3. The summed E-state index contributed by atoms with van der Waals surface area (Å²) in [4.78, 5) is 18.0. The molecule has 28 heavy (non-hydrogen) atoms. The third kappa shape index (κ3) is 4.42. The summed E-state index contributed by atoms with van der Waals surface area (Å²) in [6.45, 7) is 4.85. The number of carbonyl (C=O) groups is 1. The van der Waals surface area contributed by atoms with Crippen molar-refractivity contribution in [1.82, 2.24) is 14.7 Å². The smallest absolute Gasteiger partial charge is 0.409 e. The van der Waals surface area contributed by atoms with Crippen LogP contribution in [0.5, 0.6) is 0 Å². The number of alkyl halides is 3. The molecular weight excluding hydrogens is 371 g/mol. The van der Waals surface area contributed by atoms with E-state index in [0.717, 1.165) is 71.1 Å². The SMILES string of the molecule is CCOC(=O)N1CCC2(CC(N3CCC(N(CC(F)(F)F)C4CC4)CC3)C2)C1. The highest BCUT2D eigenvalue weighted by atomic mass is 19.4. The third-order valence-corrected chi connectivity index (χ3v) is 7.16. The average Bonchev–Trinajstić information content (AvgIpc) is 3.35. The molecule has 2 saturated carbocycles. The van der Waals surface area contributed by atoms with Crippen molar-refractivity contribution in [2.45, 2.75) is 76.2 Å². The van der Waals surface area contributed by atoms with Gasteiger partial charge in [-0.2, -0.15) is 13.2 Å². The maximum Gasteiger partial charge on any atom is 0.409 e. The predicted octanol–water partition coefficient (Wildman–Crippen LogP) is 3.49. The van der Waals surface area contributed by atoms with Gasteiger partial charge in [0.25, 0.3) is 0 Å². The van der Waals surface area contributed by atoms with E-state index in [1.807, 2.05) is 11.8 Å². The number of piperidine rings is 1. The van der Waals surface area contributed by atoms with E-state index < -0.39 is 12.7 Å². The zero-order valence-electron chi connectivity index (χ0n) is 16.7. The number of halogens is 3. The van der Waals surface area contributed by atoms with Crippen molar-refractivity contribution in [3.05, 3.63) is 0 Å². The van der Waals surface area contributed by atoms with Gasteiger partial charge >= 0.3 is 12.3 Å². The van der Waals surface area contributed by atoms with Gasteiger partial charge in [-0.15, -0.1) is 0 Å². The van der Waals surface area contributed by atoms with E-state index in [2.05, 4.69) is 4.90 Å². The Morgan fingerprint density at radius 1 is 1.11 bits per heavy atom. The van der Waals surface area contributed by atoms with Gasteiger partial charge in [-0.1, -0.05) is 0 Å². The number of nitrogens with zero attached hydrogens (tertiary/aromatic N) is 3. The number of hydrogen-bond acceptors (Lipinski definition) is 4. The highest BCUT2D eigenvalue weighted by Crippen LogP contribution is 2.50. The second-order valence-corrected chi connectivity index (χ2v) is 9.22. The molecule has 0 bridgehead atoms. The number of amides is 1. The van der Waals surface area contributed by atoms with E-state index in [9.17, 15) is 18.0 Å². The lowest BCUT2D eigenvalue weighted by molar-refractivity contribution is -0.155. The van der Waals surface area contributed by atoms with Crippen LogP contribution in [0.4, 0.5) is 18.0 Å². The van der Waals surface area contributed by atoms with Gasteiger partial charge in [-0.3, -0.25) is 4.90 Å². The van der Waals surface area contributed by atoms with Crippen LogP contribution < -0.4 is 0 Å². The number of ether oxygens (including phenoxy) is 1. The second kappa shape index (κ2) is 7.67. The van der Waals surface area contributed by atoms with Crippen molar-refractivity contribution in [2.75, 3.05) is 39.3 Å². The van der Waals surface area contributed by atoms with Gasteiger partial charge in [-0.05, 0) is 70.4 Å². The molecule has 4 rings (SSSR count). The minimum absolute atomic E-state index is 0.0743. The molecule has 1 spiro atoms. The summed E-state index contributed by atoms with van der Waals surface area (Å²) in [7, 11) is 0. The van der Waals surface area contributed by atoms with E-state index in [-0.39, 0.29) is 23.6 Å². The van der Waals surface area contributed by atoms with E-state index >= 15 is 0 Å². The Hall–Kier alpha value is -1.02. The summed E-state index contributed by atoms with van der Waals surface area (Å²) in [6.07, 6.45) is 2.44. The minimum Gasteiger partial charge on any atom is -0.450 e. The Morgan fingerprint density at radius 3 is 2.32 bits per heavy atom. The molecule has 0 aromatic heterocycles. The van der Waals surface area contributed by atoms with Crippen molar-refractivity contribution >= 4 is 6.09 Å². The first-order valence-corrected chi connectivity index (χ1v) is 10.8. The Labute approximate surface area is 165 Å². The van der Waals surface area contributed by atoms with Crippen LogP contribution >= 0.6 is 0 Å². The molecule has 4 fully saturated rings. The molecule has 0 N–H and O–H groups in total. The molecule has 0 aromatic carbocycles. The van der Waals surface area contributed by atoms with Crippen molar-refractivity contribution < 1.29 is 22.7 Å². The van der Waals surface area contributed by atoms with Crippen LogP contribution in [0.3, 0.4) is 0 Å². The lowest BCUT2D eigenvalue weighted by atomic mass is 9.64. The van der Waals surface area contributed by atoms with E-state index in [4.69, 9.17) is 4.74 Å². The molecule has 160 valence electrons. The topological polar surface area (TPSA) is 36.0 Å². The lowest BCUT2D eigenvalue weighted by Gasteiger charge is -2.52. The molecule has 2 aliphatic heterocycles. The van der Waals surface area contributed by atoms with Crippen LogP contribution in [0.2, 0.25) is 0 Å². The zero-order valence-corrected chi connectivity index (χ0v) is 16.7. The average molecular weight is 403 g/mol. The molecule has 1 amide bonds. The van der Waals surface area contributed by atoms with Gasteiger partial charge in [0.1, 0.15) is 0 Å². The number of carbonyl (C=O) groups excluding carboxylic acids is 1. The van der Waals surface area contributed by atoms with Crippen LogP contribution in [-0.4, -0.2) is 84.4 Å². The van der Waals surface area contributed by atoms with Crippen LogP contribution in [0.1, 0.15) is 51.9 Å². The van der Waals surface area contributed by atoms with Crippen molar-refractivity contribution in [2.24, 2.45) is 5.41 Å². The summed E-state index contributed by atoms with van der Waals surface area (Å²) in [6, 6.07) is 0.753. The van der Waals surface area contributed by atoms with Crippen molar-refractivity contribution in [1.29, 1.82) is 0 Å². The van der Waals surface area contributed by atoms with Gasteiger partial charge in [0, 0.05) is 31.2 Å². The number of likely N-dealkylation sites (tertiary alicyclic amines) is 2. The molecule has 2 heterocycles. The predicted molar refractivity (Wildman–Crippen MR) is 99.0 cm³/mol. The molecule has 0 radical (unpaired) electrons. The molecular formula is C20H32F3N3O2. The Bertz CT molecular complexity index is 568. The Morgan fingerprint density at radius 2 is 1.75 bits per heavy atom. The normalized spacial score (nSPS) is 32.2. The molecule has 0 atom stereocenters. The number of rotatable bonds is 5. The minimum atomic E-state index is -4.10. The van der Waals surface area contributed by atoms with Gasteiger partial charge < -0.3 is 14.5 Å². The molecule has 0 aromatic rings. The van der Waals surface area contributed by atoms with Gasteiger partial charge in [0.2, 0.25) is 0 Å². The monoisotopic (exact) mass is 403 g/mol. The van der Waals surface area contributed by atoms with E-state index in [0.29, 0.717) is 12.6 Å². The molecule has 0 unspecified atom stereocenters. The first kappa shape index (κ1) is 20.3. The fourth-order valence-corrected chi connectivity index (χ4v) is 5.59. The van der Waals surface area contributed by atoms with Crippen molar-refractivity contribution in [3.63, 3.8) is 0 Å². The second-order valence-electron chi connectivity index (χ2n) is 9.22. The maximum atomic E-state index is 12.9. The summed E-state index contributed by atoms with van der Waals surface area (Å²) >= 11 is 0. The quantitative estimate of drug-likeness (QED) is 0.704. The summed E-state index contributed by atoms with van der Waals surface area (Å²) < 4.78 is 43.9. The highest BCUT2D eigenvalue weighted by molar-refractivity contribution is 5.68. The van der Waals surface area contributed by atoms with Gasteiger partial charge in [-0.25, -0.2) is 4.79 Å². The zero-order chi connectivity index (χ0) is 19.9. The van der Waals surface area contributed by atoms with Crippen molar-refractivity contribution in [3.8, 4) is 0 Å². The van der Waals surface area contributed by atoms with Crippen LogP contribution in [0.15, 0.2) is 0 Å². The third-order valence-electron chi connectivity index (χ3n) is 7.16. The van der Waals surface area contributed by atoms with E-state index in [1.165, 1.54) is 0 Å². The van der Waals surface area contributed by atoms with Crippen LogP contribution in [0.25, 0.3) is 0 Å². The molecule has 8 heteroatoms. The summed E-state index contributed by atoms with van der Waals surface area (Å²) in [5.74, 6) is 0. The molecule has 4 aliphatic rings. The van der Waals surface area contributed by atoms with Gasteiger partial charge in [0.05, 0.1) is 13.2 Å². The lowest BCUT2D eigenvalue weighted by Crippen LogP contribution is -2.56.